The van der Waals surface area contributed by atoms with Crippen molar-refractivity contribution in [2.75, 3.05) is 25.6 Å². The SMILES string of the molecule is COc1cnc2c(-c3nc4c(C)cc5c(c4s3)OCC(COC(=O)Nc3ccc(O)nc3)O5)cc(C)cc2n1. The van der Waals surface area contributed by atoms with Crippen LogP contribution in [0.25, 0.3) is 31.8 Å². The molecule has 39 heavy (non-hydrogen) atoms. The van der Waals surface area contributed by atoms with E-state index >= 15 is 0 Å². The van der Waals surface area contributed by atoms with Gasteiger partial charge in [-0.15, -0.1) is 11.3 Å². The summed E-state index contributed by atoms with van der Waals surface area (Å²) in [6, 6.07) is 8.78. The number of hydrogen-bond donors (Lipinski definition) is 2. The number of nitrogens with one attached hydrogen (secondary N) is 1. The van der Waals surface area contributed by atoms with Gasteiger partial charge in [0.2, 0.25) is 11.8 Å². The Kier molecular flexibility index (Phi) is 6.23. The molecule has 11 nitrogen and oxygen atoms in total. The Labute approximate surface area is 226 Å². The molecule has 0 aliphatic carbocycles. The molecule has 1 aliphatic rings. The second-order valence-electron chi connectivity index (χ2n) is 8.99. The molecule has 0 spiro atoms. The fraction of sp³-hybridized carbons (Fsp3) is 0.222. The summed E-state index contributed by atoms with van der Waals surface area (Å²) in [5, 5.41) is 12.6. The molecule has 4 heterocycles. The number of fused-ring (bicyclic) bond motifs is 4. The van der Waals surface area contributed by atoms with Crippen molar-refractivity contribution in [2.45, 2.75) is 20.0 Å². The number of carbonyl (C=O) groups excluding carboxylic acids is 1. The normalized spacial score (nSPS) is 14.4. The molecule has 6 rings (SSSR count). The Balaban J connectivity index is 1.24. The van der Waals surface area contributed by atoms with E-state index in [1.54, 1.807) is 13.3 Å². The summed E-state index contributed by atoms with van der Waals surface area (Å²) in [4.78, 5) is 29.9. The average molecular weight is 546 g/mol. The maximum Gasteiger partial charge on any atom is 0.411 e. The molecule has 0 saturated carbocycles. The fourth-order valence-corrected chi connectivity index (χ4v) is 5.44. The first-order valence-electron chi connectivity index (χ1n) is 12.0. The average Bonchev–Trinajstić information content (AvgIpc) is 3.38. The van der Waals surface area contributed by atoms with E-state index in [0.717, 1.165) is 42.9 Å². The van der Waals surface area contributed by atoms with Crippen LogP contribution in [0.2, 0.25) is 0 Å². The molecular weight excluding hydrogens is 522 g/mol. The molecule has 0 fully saturated rings. The number of aromatic nitrogens is 4. The van der Waals surface area contributed by atoms with Gasteiger partial charge in [-0.3, -0.25) is 5.32 Å². The van der Waals surface area contributed by atoms with E-state index < -0.39 is 12.2 Å². The highest BCUT2D eigenvalue weighted by atomic mass is 32.1. The summed E-state index contributed by atoms with van der Waals surface area (Å²) >= 11 is 1.50. The quantitative estimate of drug-likeness (QED) is 0.310. The number of nitrogens with zero attached hydrogens (tertiary/aromatic N) is 4. The third-order valence-electron chi connectivity index (χ3n) is 6.09. The molecular formula is C27H23N5O6S. The van der Waals surface area contributed by atoms with E-state index in [4.69, 9.17) is 23.9 Å². The molecule has 0 bridgehead atoms. The highest BCUT2D eigenvalue weighted by Crippen LogP contribution is 2.46. The minimum absolute atomic E-state index is 0.0147. The highest BCUT2D eigenvalue weighted by Gasteiger charge is 2.27. The van der Waals surface area contributed by atoms with Gasteiger partial charge in [0.1, 0.15) is 22.9 Å². The lowest BCUT2D eigenvalue weighted by Gasteiger charge is -2.26. The van der Waals surface area contributed by atoms with E-state index in [0.29, 0.717) is 23.1 Å². The topological polar surface area (TPSA) is 138 Å². The Morgan fingerprint density at radius 2 is 2.03 bits per heavy atom. The molecule has 198 valence electrons. The number of methoxy groups -OCH3 is 1. The Hall–Kier alpha value is -4.71. The largest absolute Gasteiger partial charge is 0.493 e. The van der Waals surface area contributed by atoms with Crippen LogP contribution in [0.5, 0.6) is 23.3 Å². The number of pyridine rings is 1. The fourth-order valence-electron chi connectivity index (χ4n) is 4.29. The van der Waals surface area contributed by atoms with Gasteiger partial charge in [-0.1, -0.05) is 0 Å². The lowest BCUT2D eigenvalue weighted by Crippen LogP contribution is -2.35. The second kappa shape index (κ2) is 9.87. The second-order valence-corrected chi connectivity index (χ2v) is 9.99. The summed E-state index contributed by atoms with van der Waals surface area (Å²) < 4.78 is 23.7. The standard InChI is InChI=1S/C27H23N5O6S/c1-13-6-17(23-18(7-13)31-21(35-3)10-29-23)26-32-22-14(2)8-19-24(25(22)39-26)36-11-16(38-19)12-37-27(34)30-15-4-5-20(33)28-9-15/h4-10,16H,11-12H2,1-3H3,(H,28,33)(H,30,34). The highest BCUT2D eigenvalue weighted by molar-refractivity contribution is 7.22. The van der Waals surface area contributed by atoms with Crippen LogP contribution >= 0.6 is 11.3 Å². The summed E-state index contributed by atoms with van der Waals surface area (Å²) in [6.45, 7) is 4.16. The first kappa shape index (κ1) is 24.6. The van der Waals surface area contributed by atoms with Crippen LogP contribution in [-0.2, 0) is 4.74 Å². The summed E-state index contributed by atoms with van der Waals surface area (Å²) in [5.74, 6) is 1.49. The lowest BCUT2D eigenvalue weighted by molar-refractivity contribution is 0.0383. The molecule has 2 aromatic carbocycles. The number of aryl methyl sites for hydroxylation is 2. The van der Waals surface area contributed by atoms with Crippen molar-refractivity contribution in [3.8, 4) is 33.8 Å². The van der Waals surface area contributed by atoms with E-state index in [1.165, 1.54) is 29.7 Å². The van der Waals surface area contributed by atoms with Crippen molar-refractivity contribution >= 4 is 44.4 Å². The molecule has 1 amide bonds. The number of aromatic hydroxyl groups is 1. The zero-order valence-electron chi connectivity index (χ0n) is 21.2. The van der Waals surface area contributed by atoms with Crippen LogP contribution in [0, 0.1) is 13.8 Å². The van der Waals surface area contributed by atoms with E-state index in [2.05, 4.69) is 20.3 Å². The van der Waals surface area contributed by atoms with Gasteiger partial charge in [-0.2, -0.15) is 0 Å². The van der Waals surface area contributed by atoms with Gasteiger partial charge in [0.25, 0.3) is 0 Å². The number of rotatable bonds is 5. The number of carbonyl (C=O) groups is 1. The van der Waals surface area contributed by atoms with Gasteiger partial charge < -0.3 is 24.1 Å². The maximum absolute atomic E-state index is 12.2. The first-order valence-corrected chi connectivity index (χ1v) is 12.8. The lowest BCUT2D eigenvalue weighted by atomic mass is 10.1. The van der Waals surface area contributed by atoms with Crippen LogP contribution in [0.4, 0.5) is 10.5 Å². The van der Waals surface area contributed by atoms with Crippen molar-refractivity contribution in [3.05, 3.63) is 53.9 Å². The van der Waals surface area contributed by atoms with Gasteiger partial charge in [0.15, 0.2) is 17.6 Å². The molecule has 1 atom stereocenters. The summed E-state index contributed by atoms with van der Waals surface area (Å²) in [6.07, 6.45) is 1.77. The van der Waals surface area contributed by atoms with Crippen LogP contribution in [0.1, 0.15) is 11.1 Å². The maximum atomic E-state index is 12.2. The Morgan fingerprint density at radius 1 is 1.15 bits per heavy atom. The Morgan fingerprint density at radius 3 is 2.82 bits per heavy atom. The third kappa shape index (κ3) is 4.81. The van der Waals surface area contributed by atoms with Crippen LogP contribution in [0.15, 0.2) is 42.7 Å². The zero-order valence-corrected chi connectivity index (χ0v) is 22.0. The first-order chi connectivity index (χ1) is 18.9. The van der Waals surface area contributed by atoms with Crippen molar-refractivity contribution in [1.29, 1.82) is 0 Å². The molecule has 0 radical (unpaired) electrons. The number of amides is 1. The molecule has 1 aliphatic heterocycles. The number of hydrogen-bond acceptors (Lipinski definition) is 11. The van der Waals surface area contributed by atoms with Crippen LogP contribution in [0.3, 0.4) is 0 Å². The minimum Gasteiger partial charge on any atom is -0.493 e. The third-order valence-corrected chi connectivity index (χ3v) is 7.18. The number of benzene rings is 2. The van der Waals surface area contributed by atoms with Gasteiger partial charge in [-0.25, -0.2) is 24.7 Å². The van der Waals surface area contributed by atoms with E-state index in [-0.39, 0.29) is 19.1 Å². The van der Waals surface area contributed by atoms with Gasteiger partial charge >= 0.3 is 6.09 Å². The predicted octanol–water partition coefficient (Wildman–Crippen LogP) is 5.02. The molecule has 1 unspecified atom stereocenters. The number of thiazole rings is 1. The predicted molar refractivity (Wildman–Crippen MR) is 145 cm³/mol. The van der Waals surface area contributed by atoms with Crippen molar-refractivity contribution in [1.82, 2.24) is 19.9 Å². The monoisotopic (exact) mass is 545 g/mol. The van der Waals surface area contributed by atoms with E-state index in [9.17, 15) is 9.90 Å². The smallest absolute Gasteiger partial charge is 0.411 e. The molecule has 5 aromatic rings. The van der Waals surface area contributed by atoms with Crippen LogP contribution < -0.4 is 19.5 Å². The van der Waals surface area contributed by atoms with E-state index in [1.807, 2.05) is 32.0 Å². The Bertz CT molecular complexity index is 1720. The molecule has 0 saturated heterocycles. The number of anilines is 1. The molecule has 3 aromatic heterocycles. The van der Waals surface area contributed by atoms with Crippen molar-refractivity contribution in [3.63, 3.8) is 0 Å². The summed E-state index contributed by atoms with van der Waals surface area (Å²) in [5.41, 5.74) is 5.54. The zero-order chi connectivity index (χ0) is 27.1. The summed E-state index contributed by atoms with van der Waals surface area (Å²) in [7, 11) is 1.56. The van der Waals surface area contributed by atoms with Gasteiger partial charge in [0, 0.05) is 11.6 Å². The number of ether oxygens (including phenoxy) is 4. The van der Waals surface area contributed by atoms with Crippen molar-refractivity contribution in [2.24, 2.45) is 0 Å². The minimum atomic E-state index is -0.665. The van der Waals surface area contributed by atoms with Crippen LogP contribution in [-0.4, -0.2) is 57.6 Å². The van der Waals surface area contributed by atoms with Gasteiger partial charge in [0.05, 0.1) is 41.7 Å². The molecule has 2 N–H and O–H groups in total. The van der Waals surface area contributed by atoms with Crippen molar-refractivity contribution < 1.29 is 28.8 Å². The molecule has 12 heteroatoms. The van der Waals surface area contributed by atoms with Gasteiger partial charge in [-0.05, 0) is 49.2 Å².